The van der Waals surface area contributed by atoms with Gasteiger partial charge in [-0.1, -0.05) is 6.08 Å². The van der Waals surface area contributed by atoms with Crippen molar-refractivity contribution in [1.29, 1.82) is 0 Å². The Bertz CT molecular complexity index is 203. The van der Waals surface area contributed by atoms with E-state index in [1.165, 1.54) is 0 Å². The normalized spacial score (nSPS) is 13.1. The Labute approximate surface area is 78.5 Å². The summed E-state index contributed by atoms with van der Waals surface area (Å²) in [5.41, 5.74) is 2.72. The summed E-state index contributed by atoms with van der Waals surface area (Å²) in [5, 5.41) is 8.50. The largest absolute Gasteiger partial charge is 0.478 e. The average Bonchev–Trinajstić information content (AvgIpc) is 1.95. The van der Waals surface area contributed by atoms with Crippen molar-refractivity contribution in [2.24, 2.45) is 0 Å². The fourth-order valence-corrected chi connectivity index (χ4v) is 0.540. The van der Waals surface area contributed by atoms with E-state index in [1.54, 1.807) is 13.0 Å². The molecule has 0 aliphatic rings. The van der Waals surface area contributed by atoms with E-state index in [0.717, 1.165) is 0 Å². The van der Waals surface area contributed by atoms with E-state index >= 15 is 0 Å². The summed E-state index contributed by atoms with van der Waals surface area (Å²) >= 11 is 0. The maximum atomic E-state index is 10.4. The van der Waals surface area contributed by atoms with Crippen LogP contribution in [0.1, 0.15) is 27.7 Å². The van der Waals surface area contributed by atoms with E-state index in [4.69, 9.17) is 9.94 Å². The van der Waals surface area contributed by atoms with Gasteiger partial charge in [-0.25, -0.2) is 4.79 Å². The predicted molar refractivity (Wildman–Crippen MR) is 50.2 cm³/mol. The molecule has 0 aromatic heterocycles. The van der Waals surface area contributed by atoms with Crippen LogP contribution in [-0.2, 0) is 9.63 Å². The number of hydrogen-bond acceptors (Lipinski definition) is 3. The van der Waals surface area contributed by atoms with Gasteiger partial charge in [0.15, 0.2) is 0 Å². The van der Waals surface area contributed by atoms with Crippen LogP contribution in [0.2, 0.25) is 0 Å². The molecular weight excluding hydrogens is 170 g/mol. The van der Waals surface area contributed by atoms with Gasteiger partial charge in [0.1, 0.15) is 0 Å². The van der Waals surface area contributed by atoms with E-state index in [0.29, 0.717) is 12.1 Å². The SMILES string of the molecule is CC(=CCNOC(C)(C)C)C(=O)O. The molecule has 0 aliphatic carbocycles. The zero-order chi connectivity index (χ0) is 10.5. The first-order valence-corrected chi connectivity index (χ1v) is 4.14. The van der Waals surface area contributed by atoms with E-state index in [-0.39, 0.29) is 5.60 Å². The van der Waals surface area contributed by atoms with E-state index in [9.17, 15) is 4.79 Å². The monoisotopic (exact) mass is 187 g/mol. The number of aliphatic carboxylic acids is 1. The lowest BCUT2D eigenvalue weighted by Crippen LogP contribution is -2.29. The van der Waals surface area contributed by atoms with Crippen LogP contribution in [-0.4, -0.2) is 23.2 Å². The van der Waals surface area contributed by atoms with E-state index < -0.39 is 5.97 Å². The molecule has 0 aliphatic heterocycles. The highest BCUT2D eigenvalue weighted by atomic mass is 16.7. The molecule has 13 heavy (non-hydrogen) atoms. The van der Waals surface area contributed by atoms with Gasteiger partial charge in [-0.15, -0.1) is 0 Å². The molecule has 0 spiro atoms. The molecule has 0 rings (SSSR count). The Hall–Kier alpha value is -0.870. The van der Waals surface area contributed by atoms with Gasteiger partial charge in [0.25, 0.3) is 0 Å². The van der Waals surface area contributed by atoms with Crippen LogP contribution in [0.15, 0.2) is 11.6 Å². The molecule has 4 nitrogen and oxygen atoms in total. The summed E-state index contributed by atoms with van der Waals surface area (Å²) in [5.74, 6) is -0.905. The second-order valence-corrected chi connectivity index (χ2v) is 3.76. The zero-order valence-electron chi connectivity index (χ0n) is 8.55. The quantitative estimate of drug-likeness (QED) is 0.396. The molecule has 2 N–H and O–H groups in total. The molecule has 0 radical (unpaired) electrons. The van der Waals surface area contributed by atoms with Crippen molar-refractivity contribution in [3.8, 4) is 0 Å². The van der Waals surface area contributed by atoms with Crippen LogP contribution in [0.25, 0.3) is 0 Å². The smallest absolute Gasteiger partial charge is 0.330 e. The standard InChI is InChI=1S/C9H17NO3/c1-7(8(11)12)5-6-10-13-9(2,3)4/h5,10H,6H2,1-4H3,(H,11,12). The van der Waals surface area contributed by atoms with Crippen molar-refractivity contribution in [1.82, 2.24) is 5.48 Å². The topological polar surface area (TPSA) is 58.6 Å². The van der Waals surface area contributed by atoms with Crippen molar-refractivity contribution >= 4 is 5.97 Å². The summed E-state index contributed by atoms with van der Waals surface area (Å²) in [7, 11) is 0. The number of nitrogens with one attached hydrogen (secondary N) is 1. The molecule has 76 valence electrons. The molecular formula is C9H17NO3. The van der Waals surface area contributed by atoms with Gasteiger partial charge in [0.05, 0.1) is 5.60 Å². The molecule has 0 aromatic carbocycles. The van der Waals surface area contributed by atoms with Crippen LogP contribution in [0.3, 0.4) is 0 Å². The minimum atomic E-state index is -0.905. The van der Waals surface area contributed by atoms with Gasteiger partial charge in [-0.3, -0.25) is 4.84 Å². The highest BCUT2D eigenvalue weighted by Gasteiger charge is 2.09. The Morgan fingerprint density at radius 1 is 1.54 bits per heavy atom. The number of carboxylic acids is 1. The van der Waals surface area contributed by atoms with Crippen molar-refractivity contribution in [2.45, 2.75) is 33.3 Å². The minimum absolute atomic E-state index is 0.259. The number of rotatable bonds is 4. The Morgan fingerprint density at radius 2 is 2.08 bits per heavy atom. The van der Waals surface area contributed by atoms with Crippen molar-refractivity contribution < 1.29 is 14.7 Å². The van der Waals surface area contributed by atoms with E-state index in [2.05, 4.69) is 5.48 Å². The number of carboxylic acid groups (broad SMARTS) is 1. The number of hydroxylamine groups is 1. The fourth-order valence-electron chi connectivity index (χ4n) is 0.540. The third-order valence-corrected chi connectivity index (χ3v) is 1.21. The molecule has 0 aromatic rings. The summed E-state index contributed by atoms with van der Waals surface area (Å²) < 4.78 is 0. The van der Waals surface area contributed by atoms with Gasteiger partial charge in [-0.05, 0) is 27.7 Å². The van der Waals surface area contributed by atoms with Crippen molar-refractivity contribution in [3.63, 3.8) is 0 Å². The third-order valence-electron chi connectivity index (χ3n) is 1.21. The summed E-state index contributed by atoms with van der Waals surface area (Å²) in [6.45, 7) is 7.67. The van der Waals surface area contributed by atoms with Crippen LogP contribution >= 0.6 is 0 Å². The second kappa shape index (κ2) is 4.99. The third kappa shape index (κ3) is 7.49. The second-order valence-electron chi connectivity index (χ2n) is 3.76. The first-order valence-electron chi connectivity index (χ1n) is 4.14. The lowest BCUT2D eigenvalue weighted by molar-refractivity contribution is -0.132. The Morgan fingerprint density at radius 3 is 2.46 bits per heavy atom. The molecule has 0 bridgehead atoms. The highest BCUT2D eigenvalue weighted by Crippen LogP contribution is 2.03. The van der Waals surface area contributed by atoms with Crippen molar-refractivity contribution in [2.75, 3.05) is 6.54 Å². The van der Waals surface area contributed by atoms with Gasteiger partial charge in [0.2, 0.25) is 0 Å². The molecule has 0 saturated carbocycles. The predicted octanol–water partition coefficient (Wildman–Crippen LogP) is 1.34. The Kier molecular flexibility index (Phi) is 4.66. The molecule has 0 unspecified atom stereocenters. The molecule has 0 saturated heterocycles. The number of hydrogen-bond donors (Lipinski definition) is 2. The highest BCUT2D eigenvalue weighted by molar-refractivity contribution is 5.85. The summed E-state index contributed by atoms with van der Waals surface area (Å²) in [4.78, 5) is 15.5. The maximum absolute atomic E-state index is 10.4. The molecule has 0 heterocycles. The molecule has 0 fully saturated rings. The Balaban J connectivity index is 3.68. The lowest BCUT2D eigenvalue weighted by Gasteiger charge is -2.18. The minimum Gasteiger partial charge on any atom is -0.478 e. The summed E-state index contributed by atoms with van der Waals surface area (Å²) in [6.07, 6.45) is 1.56. The summed E-state index contributed by atoms with van der Waals surface area (Å²) in [6, 6.07) is 0. The van der Waals surface area contributed by atoms with Gasteiger partial charge >= 0.3 is 5.97 Å². The first kappa shape index (κ1) is 12.1. The molecule has 0 amide bonds. The van der Waals surface area contributed by atoms with Crippen molar-refractivity contribution in [3.05, 3.63) is 11.6 Å². The fraction of sp³-hybridized carbons (Fsp3) is 0.667. The van der Waals surface area contributed by atoms with Crippen LogP contribution in [0.4, 0.5) is 0 Å². The zero-order valence-corrected chi connectivity index (χ0v) is 8.55. The maximum Gasteiger partial charge on any atom is 0.330 e. The van der Waals surface area contributed by atoms with Gasteiger partial charge < -0.3 is 5.11 Å². The van der Waals surface area contributed by atoms with Gasteiger partial charge in [0, 0.05) is 12.1 Å². The van der Waals surface area contributed by atoms with E-state index in [1.807, 2.05) is 20.8 Å². The average molecular weight is 187 g/mol. The van der Waals surface area contributed by atoms with Crippen LogP contribution in [0.5, 0.6) is 0 Å². The van der Waals surface area contributed by atoms with Crippen LogP contribution in [0, 0.1) is 0 Å². The van der Waals surface area contributed by atoms with Gasteiger partial charge in [-0.2, -0.15) is 5.48 Å². The lowest BCUT2D eigenvalue weighted by atomic mass is 10.2. The first-order chi connectivity index (χ1) is 5.83. The van der Waals surface area contributed by atoms with Crippen LogP contribution < -0.4 is 5.48 Å². The number of carbonyl (C=O) groups is 1. The molecule has 4 heteroatoms. The molecule has 0 atom stereocenters.